The second-order valence-electron chi connectivity index (χ2n) is 5.28. The molecule has 0 aliphatic heterocycles. The van der Waals surface area contributed by atoms with Crippen LogP contribution in [0.5, 0.6) is 0 Å². The number of nitrogen functional groups attached to an aromatic ring is 1. The zero-order valence-electron chi connectivity index (χ0n) is 11.2. The third-order valence-corrected chi connectivity index (χ3v) is 3.75. The monoisotopic (exact) mass is 236 g/mol. The van der Waals surface area contributed by atoms with Gasteiger partial charge in [0.1, 0.15) is 5.82 Å². The number of hydrogen-bond acceptors (Lipinski definition) is 3. The zero-order chi connectivity index (χ0) is 12.4. The molecule has 0 amide bonds. The van der Waals surface area contributed by atoms with Crippen LogP contribution in [-0.4, -0.2) is 15.8 Å². The minimum absolute atomic E-state index is 0.558. The first kappa shape index (κ1) is 12.3. The van der Waals surface area contributed by atoms with Crippen molar-refractivity contribution in [1.82, 2.24) is 9.78 Å². The van der Waals surface area contributed by atoms with Crippen LogP contribution in [0, 0.1) is 12.8 Å². The van der Waals surface area contributed by atoms with Crippen LogP contribution in [0.1, 0.15) is 45.2 Å². The summed E-state index contributed by atoms with van der Waals surface area (Å²) in [6.45, 7) is 7.26. The number of aryl methyl sites for hydroxylation is 2. The normalized spacial score (nSPS) is 24.9. The SMILES string of the molecule is CCn1nc(C)c(N)c1NC1CCCC(C)C1. The number of nitrogens with zero attached hydrogens (tertiary/aromatic N) is 2. The van der Waals surface area contributed by atoms with E-state index in [1.165, 1.54) is 25.7 Å². The molecule has 1 aliphatic carbocycles. The first-order valence-corrected chi connectivity index (χ1v) is 6.71. The molecule has 1 fully saturated rings. The molecule has 2 atom stereocenters. The van der Waals surface area contributed by atoms with E-state index in [4.69, 9.17) is 5.73 Å². The Morgan fingerprint density at radius 1 is 1.47 bits per heavy atom. The predicted octanol–water partition coefficient (Wildman–Crippen LogP) is 2.78. The molecule has 3 N–H and O–H groups in total. The largest absolute Gasteiger partial charge is 0.394 e. The fourth-order valence-electron chi connectivity index (χ4n) is 2.73. The Kier molecular flexibility index (Phi) is 3.60. The van der Waals surface area contributed by atoms with Crippen LogP contribution in [0.2, 0.25) is 0 Å². The standard InChI is InChI=1S/C13H24N4/c1-4-17-13(12(14)10(3)16-17)15-11-7-5-6-9(2)8-11/h9,11,15H,4-8,14H2,1-3H3. The summed E-state index contributed by atoms with van der Waals surface area (Å²) in [6.07, 6.45) is 5.17. The van der Waals surface area contributed by atoms with Crippen molar-refractivity contribution >= 4 is 11.5 Å². The van der Waals surface area contributed by atoms with Gasteiger partial charge in [-0.3, -0.25) is 0 Å². The smallest absolute Gasteiger partial charge is 0.148 e. The molecule has 2 rings (SSSR count). The topological polar surface area (TPSA) is 55.9 Å². The minimum Gasteiger partial charge on any atom is -0.394 e. The molecule has 1 aromatic rings. The van der Waals surface area contributed by atoms with Crippen LogP contribution in [0.4, 0.5) is 11.5 Å². The molecular formula is C13H24N4. The van der Waals surface area contributed by atoms with E-state index < -0.39 is 0 Å². The lowest BCUT2D eigenvalue weighted by atomic mass is 9.87. The van der Waals surface area contributed by atoms with E-state index in [1.54, 1.807) is 0 Å². The van der Waals surface area contributed by atoms with Crippen LogP contribution in [-0.2, 0) is 6.54 Å². The second kappa shape index (κ2) is 4.98. The molecule has 4 nitrogen and oxygen atoms in total. The number of nitrogens with two attached hydrogens (primary N) is 1. The Bertz CT molecular complexity index is 383. The van der Waals surface area contributed by atoms with E-state index in [0.717, 1.165) is 29.7 Å². The van der Waals surface area contributed by atoms with E-state index in [1.807, 2.05) is 11.6 Å². The van der Waals surface area contributed by atoms with Crippen molar-refractivity contribution in [2.45, 2.75) is 59.0 Å². The summed E-state index contributed by atoms with van der Waals surface area (Å²) in [7, 11) is 0. The first-order valence-electron chi connectivity index (χ1n) is 6.71. The number of aromatic nitrogens is 2. The van der Waals surface area contributed by atoms with E-state index in [2.05, 4.69) is 24.3 Å². The van der Waals surface area contributed by atoms with E-state index in [0.29, 0.717) is 6.04 Å². The van der Waals surface area contributed by atoms with Crippen LogP contribution in [0.3, 0.4) is 0 Å². The predicted molar refractivity (Wildman–Crippen MR) is 72.1 cm³/mol. The van der Waals surface area contributed by atoms with Gasteiger partial charge < -0.3 is 11.1 Å². The maximum absolute atomic E-state index is 6.08. The molecule has 4 heteroatoms. The minimum atomic E-state index is 0.558. The van der Waals surface area contributed by atoms with Gasteiger partial charge >= 0.3 is 0 Å². The molecule has 1 aliphatic rings. The fraction of sp³-hybridized carbons (Fsp3) is 0.769. The van der Waals surface area contributed by atoms with E-state index >= 15 is 0 Å². The lowest BCUT2D eigenvalue weighted by Gasteiger charge is -2.28. The summed E-state index contributed by atoms with van der Waals surface area (Å²) in [6, 6.07) is 0.558. The summed E-state index contributed by atoms with van der Waals surface area (Å²) < 4.78 is 1.98. The van der Waals surface area contributed by atoms with Crippen LogP contribution in [0.25, 0.3) is 0 Å². The third-order valence-electron chi connectivity index (χ3n) is 3.75. The fourth-order valence-corrected chi connectivity index (χ4v) is 2.73. The molecule has 0 bridgehead atoms. The molecule has 1 aromatic heterocycles. The van der Waals surface area contributed by atoms with E-state index in [-0.39, 0.29) is 0 Å². The van der Waals surface area contributed by atoms with Crippen molar-refractivity contribution < 1.29 is 0 Å². The van der Waals surface area contributed by atoms with Crippen molar-refractivity contribution in [3.63, 3.8) is 0 Å². The lowest BCUT2D eigenvalue weighted by molar-refractivity contribution is 0.357. The van der Waals surface area contributed by atoms with Gasteiger partial charge in [-0.1, -0.05) is 19.8 Å². The van der Waals surface area contributed by atoms with Gasteiger partial charge in [-0.15, -0.1) is 0 Å². The van der Waals surface area contributed by atoms with Crippen molar-refractivity contribution in [3.05, 3.63) is 5.69 Å². The lowest BCUT2D eigenvalue weighted by Crippen LogP contribution is -2.27. The van der Waals surface area contributed by atoms with Crippen molar-refractivity contribution in [3.8, 4) is 0 Å². The number of rotatable bonds is 3. The maximum atomic E-state index is 6.08. The number of nitrogens with one attached hydrogen (secondary N) is 1. The van der Waals surface area contributed by atoms with Gasteiger partial charge in [0.25, 0.3) is 0 Å². The van der Waals surface area contributed by atoms with Gasteiger partial charge in [0.05, 0.1) is 11.4 Å². The number of hydrogen-bond donors (Lipinski definition) is 2. The highest BCUT2D eigenvalue weighted by molar-refractivity contribution is 5.65. The summed E-state index contributed by atoms with van der Waals surface area (Å²) in [5, 5.41) is 8.04. The van der Waals surface area contributed by atoms with Gasteiger partial charge in [-0.05, 0) is 32.6 Å². The Balaban J connectivity index is 2.12. The highest BCUT2D eigenvalue weighted by Crippen LogP contribution is 2.29. The molecule has 1 heterocycles. The highest BCUT2D eigenvalue weighted by Gasteiger charge is 2.21. The third kappa shape index (κ3) is 2.56. The Morgan fingerprint density at radius 2 is 2.24 bits per heavy atom. The first-order chi connectivity index (χ1) is 8.11. The van der Waals surface area contributed by atoms with E-state index in [9.17, 15) is 0 Å². The van der Waals surface area contributed by atoms with Gasteiger partial charge in [0.15, 0.2) is 0 Å². The molecule has 0 spiro atoms. The van der Waals surface area contributed by atoms with Crippen molar-refractivity contribution in [2.24, 2.45) is 5.92 Å². The average molecular weight is 236 g/mol. The summed E-state index contributed by atoms with van der Waals surface area (Å²) in [5.74, 6) is 1.84. The molecular weight excluding hydrogens is 212 g/mol. The molecule has 17 heavy (non-hydrogen) atoms. The molecule has 0 radical (unpaired) electrons. The molecule has 1 saturated carbocycles. The summed E-state index contributed by atoms with van der Waals surface area (Å²) in [4.78, 5) is 0. The van der Waals surface area contributed by atoms with Crippen molar-refractivity contribution in [2.75, 3.05) is 11.1 Å². The zero-order valence-corrected chi connectivity index (χ0v) is 11.2. The van der Waals surface area contributed by atoms with Gasteiger partial charge in [-0.25, -0.2) is 4.68 Å². The Morgan fingerprint density at radius 3 is 2.88 bits per heavy atom. The van der Waals surface area contributed by atoms with Crippen LogP contribution < -0.4 is 11.1 Å². The van der Waals surface area contributed by atoms with Gasteiger partial charge in [-0.2, -0.15) is 5.10 Å². The molecule has 2 unspecified atom stereocenters. The Hall–Kier alpha value is -1.19. The second-order valence-corrected chi connectivity index (χ2v) is 5.28. The van der Waals surface area contributed by atoms with Crippen molar-refractivity contribution in [1.29, 1.82) is 0 Å². The van der Waals surface area contributed by atoms with Crippen LogP contribution >= 0.6 is 0 Å². The quantitative estimate of drug-likeness (QED) is 0.848. The van der Waals surface area contributed by atoms with Gasteiger partial charge in [0, 0.05) is 12.6 Å². The van der Waals surface area contributed by atoms with Crippen LogP contribution in [0.15, 0.2) is 0 Å². The molecule has 0 aromatic carbocycles. The summed E-state index contributed by atoms with van der Waals surface area (Å²) >= 11 is 0. The molecule has 96 valence electrons. The average Bonchev–Trinajstić information content (AvgIpc) is 2.57. The number of anilines is 2. The van der Waals surface area contributed by atoms with Gasteiger partial charge in [0.2, 0.25) is 0 Å². The Labute approximate surface area is 104 Å². The molecule has 0 saturated heterocycles. The maximum Gasteiger partial charge on any atom is 0.148 e. The summed E-state index contributed by atoms with van der Waals surface area (Å²) in [5.41, 5.74) is 7.82. The highest BCUT2D eigenvalue weighted by atomic mass is 15.3.